The van der Waals surface area contributed by atoms with E-state index in [1.54, 1.807) is 60.7 Å². The number of alkyl halides is 1. The molecule has 0 aliphatic rings. The van der Waals surface area contributed by atoms with Crippen LogP contribution in [0.25, 0.3) is 21.5 Å². The van der Waals surface area contributed by atoms with Crippen LogP contribution in [0, 0.1) is 0 Å². The average Bonchev–Trinajstić information content (AvgIpc) is 2.89. The van der Waals surface area contributed by atoms with Crippen molar-refractivity contribution >= 4 is 43.9 Å². The van der Waals surface area contributed by atoms with Gasteiger partial charge in [-0.05, 0) is 24.3 Å². The maximum absolute atomic E-state index is 9.65. The van der Waals surface area contributed by atoms with Gasteiger partial charge in [0.15, 0.2) is 0 Å². The molecule has 0 radical (unpaired) electrons. The zero-order chi connectivity index (χ0) is 26.1. The Morgan fingerprint density at radius 1 is 0.757 bits per heavy atom. The molecule has 0 aliphatic heterocycles. The molecule has 0 atom stereocenters. The Kier molecular flexibility index (Phi) is 24.1. The molecule has 0 bridgehead atoms. The number of carbonyl (C=O) groups is 1. The van der Waals surface area contributed by atoms with Crippen LogP contribution in [-0.4, -0.2) is 33.7 Å². The van der Waals surface area contributed by atoms with Crippen molar-refractivity contribution in [2.45, 2.75) is 0 Å². The van der Waals surface area contributed by atoms with Gasteiger partial charge in [-0.15, -0.1) is 6.58 Å². The summed E-state index contributed by atoms with van der Waals surface area (Å²) in [6, 6.07) is 21.1. The number of ether oxygens (including phenoxy) is 1. The van der Waals surface area contributed by atoms with Crippen molar-refractivity contribution in [1.82, 2.24) is 0 Å². The molecule has 7 nitrogen and oxygen atoms in total. The van der Waals surface area contributed by atoms with Crippen LogP contribution in [0.5, 0.6) is 23.0 Å². The number of allylic oxidation sites excluding steroid dienone is 1. The van der Waals surface area contributed by atoms with E-state index in [4.69, 9.17) is 14.8 Å². The quantitative estimate of drug-likeness (QED) is 0.0686. The molecule has 10 heteroatoms. The summed E-state index contributed by atoms with van der Waals surface area (Å²) in [6.07, 6.45) is 3.49. The molecule has 0 saturated carbocycles. The van der Waals surface area contributed by atoms with E-state index < -0.39 is 0 Å². The Balaban J connectivity index is -0.000000480. The molecule has 0 fully saturated rings. The third kappa shape index (κ3) is 13.8. The van der Waals surface area contributed by atoms with E-state index in [1.807, 2.05) is 24.3 Å². The monoisotopic (exact) mass is 620 g/mol. The van der Waals surface area contributed by atoms with Crippen LogP contribution in [0.2, 0.25) is 0 Å². The maximum Gasteiger partial charge on any atom is 1.00 e. The molecule has 0 aromatic heterocycles. The second kappa shape index (κ2) is 23.2. The molecule has 0 saturated heterocycles. The first-order valence-corrected chi connectivity index (χ1v) is 11.3. The summed E-state index contributed by atoms with van der Waals surface area (Å²) in [6.45, 7) is 7.32. The predicted molar refractivity (Wildman–Crippen MR) is 141 cm³/mol. The molecule has 0 unspecified atom stereocenters. The van der Waals surface area contributed by atoms with Gasteiger partial charge in [0.05, 0.1) is 0 Å². The van der Waals surface area contributed by atoms with E-state index in [1.165, 1.54) is 0 Å². The molecule has 186 valence electrons. The third-order valence-electron chi connectivity index (χ3n) is 4.24. The topological polar surface area (TPSA) is 119 Å². The Labute approximate surface area is 311 Å². The Morgan fingerprint density at radius 2 is 1.11 bits per heavy atom. The normalized spacial score (nSPS) is 8.70. The number of aromatic hydroxyl groups is 3. The fourth-order valence-electron chi connectivity index (χ4n) is 2.82. The Morgan fingerprint density at radius 3 is 1.46 bits per heavy atom. The van der Waals surface area contributed by atoms with Gasteiger partial charge in [-0.3, -0.25) is 4.79 Å². The largest absolute Gasteiger partial charge is 1.00 e. The number of hydrogen-bond donors (Lipinski definition) is 3. The van der Waals surface area contributed by atoms with Gasteiger partial charge < -0.3 is 31.6 Å². The van der Waals surface area contributed by atoms with Gasteiger partial charge in [-0.1, -0.05) is 83.2 Å². The van der Waals surface area contributed by atoms with Crippen molar-refractivity contribution in [3.05, 3.63) is 98.1 Å². The van der Waals surface area contributed by atoms with Crippen LogP contribution < -0.4 is 113 Å². The first-order chi connectivity index (χ1) is 16.9. The van der Waals surface area contributed by atoms with E-state index >= 15 is 0 Å². The van der Waals surface area contributed by atoms with Crippen LogP contribution >= 0.6 is 15.9 Å². The summed E-state index contributed by atoms with van der Waals surface area (Å²) >= 11 is 3.13. The molecule has 3 N–H and O–H groups in total. The van der Waals surface area contributed by atoms with Gasteiger partial charge in [0.1, 0.15) is 29.6 Å². The number of carbonyl (C=O) groups excluding carboxylic acids is 1. The van der Waals surface area contributed by atoms with Gasteiger partial charge in [-0.2, -0.15) is 0 Å². The SMILES string of the molecule is C=CCBr.C=CCOc1cccc2c(O)cccc12.O=CO[O-].Oc1cccc2c(O)cccc12.[H-].[K+].[K+]. The van der Waals surface area contributed by atoms with Gasteiger partial charge in [-0.25, -0.2) is 0 Å². The summed E-state index contributed by atoms with van der Waals surface area (Å²) in [4.78, 5) is 11.2. The van der Waals surface area contributed by atoms with Crippen molar-refractivity contribution in [2.24, 2.45) is 0 Å². The number of fused-ring (bicyclic) bond motifs is 2. The second-order valence-corrected chi connectivity index (χ2v) is 7.16. The van der Waals surface area contributed by atoms with E-state index in [0.717, 1.165) is 21.9 Å². The average molecular weight is 622 g/mol. The molecular formula is C27H27BrK2O7. The summed E-state index contributed by atoms with van der Waals surface area (Å²) < 4.78 is 5.49. The Hall–Kier alpha value is -0.737. The first-order valence-electron chi connectivity index (χ1n) is 10.2. The van der Waals surface area contributed by atoms with E-state index in [-0.39, 0.29) is 128 Å². The fraction of sp³-hybridized carbons (Fsp3) is 0.0741. The molecule has 0 heterocycles. The van der Waals surface area contributed by atoms with Crippen molar-refractivity contribution in [3.8, 4) is 23.0 Å². The molecule has 4 aromatic carbocycles. The molecule has 0 spiro atoms. The smallest absolute Gasteiger partial charge is 1.00 e. The van der Waals surface area contributed by atoms with Crippen molar-refractivity contribution < 1.29 is 139 Å². The van der Waals surface area contributed by atoms with Crippen molar-refractivity contribution in [1.29, 1.82) is 0 Å². The standard InChI is InChI=1S/C13H12O2.C10H8O2.C3H5Br.CH2O3.2K.H/c1-2-9-15-13-8-4-5-10-11(13)6-3-7-12(10)14;11-9-5-1-3-7-8(9)4-2-6-10(7)12;1-2-3-4;2-1-4-3;;;/h2-8,14H,1,9H2;1-6,11-12H;2H,1,3H2;1,3H;;;/q;;;;2*+1;-1/p-1. The Bertz CT molecular complexity index is 1190. The number of rotatable bonds is 5. The second-order valence-electron chi connectivity index (χ2n) is 6.51. The molecular weight excluding hydrogens is 594 g/mol. The van der Waals surface area contributed by atoms with E-state index in [0.29, 0.717) is 17.4 Å². The van der Waals surface area contributed by atoms with Gasteiger partial charge in [0.2, 0.25) is 0 Å². The zero-order valence-electron chi connectivity index (χ0n) is 21.8. The summed E-state index contributed by atoms with van der Waals surface area (Å²) in [5.41, 5.74) is 0. The minimum atomic E-state index is -0.181. The molecule has 0 aliphatic carbocycles. The first kappa shape index (κ1) is 38.4. The van der Waals surface area contributed by atoms with Gasteiger partial charge in [0.25, 0.3) is 6.47 Å². The molecule has 4 rings (SSSR count). The van der Waals surface area contributed by atoms with Crippen LogP contribution in [0.1, 0.15) is 1.43 Å². The van der Waals surface area contributed by atoms with Crippen LogP contribution in [0.15, 0.2) is 98.1 Å². The van der Waals surface area contributed by atoms with Gasteiger partial charge in [0, 0.05) is 26.9 Å². The van der Waals surface area contributed by atoms with E-state index in [9.17, 15) is 15.3 Å². The van der Waals surface area contributed by atoms with Crippen molar-refractivity contribution in [2.75, 3.05) is 11.9 Å². The number of hydrogen-bond acceptors (Lipinski definition) is 7. The van der Waals surface area contributed by atoms with E-state index in [2.05, 4.69) is 34.0 Å². The van der Waals surface area contributed by atoms with Gasteiger partial charge >= 0.3 is 103 Å². The summed E-state index contributed by atoms with van der Waals surface area (Å²) in [5, 5.41) is 40.8. The number of benzene rings is 4. The predicted octanol–water partition coefficient (Wildman–Crippen LogP) is -0.516. The third-order valence-corrected chi connectivity index (χ3v) is 4.70. The van der Waals surface area contributed by atoms with Crippen molar-refractivity contribution in [3.63, 3.8) is 0 Å². The zero-order valence-corrected chi connectivity index (χ0v) is 28.7. The minimum absolute atomic E-state index is 0. The number of phenolic OH excluding ortho intramolecular Hbond substituents is 3. The minimum Gasteiger partial charge on any atom is -1.00 e. The summed E-state index contributed by atoms with van der Waals surface area (Å²) in [7, 11) is 0. The number of halogens is 1. The summed E-state index contributed by atoms with van der Waals surface area (Å²) in [5.74, 6) is 1.44. The molecule has 37 heavy (non-hydrogen) atoms. The van der Waals surface area contributed by atoms with Crippen LogP contribution in [0.3, 0.4) is 0 Å². The molecule has 4 aromatic rings. The fourth-order valence-corrected chi connectivity index (χ4v) is 2.82. The van der Waals surface area contributed by atoms with Crippen LogP contribution in [0.4, 0.5) is 0 Å². The number of phenols is 3. The maximum atomic E-state index is 9.65. The molecule has 0 amide bonds. The van der Waals surface area contributed by atoms with Crippen LogP contribution in [-0.2, 0) is 9.68 Å².